The number of aryl methyl sites for hydroxylation is 2. The van der Waals surface area contributed by atoms with Crippen LogP contribution in [0.5, 0.6) is 0 Å². The zero-order valence-electron chi connectivity index (χ0n) is 11.6. The van der Waals surface area contributed by atoms with Gasteiger partial charge in [-0.15, -0.1) is 0 Å². The maximum absolute atomic E-state index is 4.70. The highest BCUT2D eigenvalue weighted by Crippen LogP contribution is 2.10. The van der Waals surface area contributed by atoms with Crippen molar-refractivity contribution in [2.24, 2.45) is 0 Å². The predicted octanol–water partition coefficient (Wildman–Crippen LogP) is 1.67. The molecule has 0 atom stereocenters. The van der Waals surface area contributed by atoms with Gasteiger partial charge in [-0.3, -0.25) is 0 Å². The van der Waals surface area contributed by atoms with E-state index in [0.29, 0.717) is 0 Å². The summed E-state index contributed by atoms with van der Waals surface area (Å²) in [5.74, 6) is 0.872. The summed E-state index contributed by atoms with van der Waals surface area (Å²) in [5.41, 5.74) is 2.48. The Hall–Kier alpha value is -1.94. The maximum Gasteiger partial charge on any atom is 0.225 e. The lowest BCUT2D eigenvalue weighted by atomic mass is 10.1. The van der Waals surface area contributed by atoms with Gasteiger partial charge in [0.25, 0.3) is 0 Å². The fourth-order valence-electron chi connectivity index (χ4n) is 2.46. The van der Waals surface area contributed by atoms with Crippen LogP contribution in [0, 0.1) is 0 Å². The van der Waals surface area contributed by atoms with Gasteiger partial charge in [-0.2, -0.15) is 0 Å². The summed E-state index contributed by atoms with van der Waals surface area (Å²) in [6, 6.07) is 12.6. The number of nitrogens with one attached hydrogen (secondary N) is 1. The van der Waals surface area contributed by atoms with Crippen LogP contribution in [0.1, 0.15) is 11.3 Å². The van der Waals surface area contributed by atoms with E-state index in [1.165, 1.54) is 5.56 Å². The third-order valence-electron chi connectivity index (χ3n) is 3.61. The molecule has 2 aromatic rings. The molecule has 20 heavy (non-hydrogen) atoms. The highest BCUT2D eigenvalue weighted by Gasteiger charge is 2.13. The molecule has 1 aliphatic heterocycles. The lowest BCUT2D eigenvalue weighted by Gasteiger charge is -2.27. The van der Waals surface area contributed by atoms with E-state index < -0.39 is 0 Å². The van der Waals surface area contributed by atoms with Gasteiger partial charge < -0.3 is 10.2 Å². The Balaban J connectivity index is 1.65. The Kier molecular flexibility index (Phi) is 4.23. The van der Waals surface area contributed by atoms with Crippen molar-refractivity contribution in [3.63, 3.8) is 0 Å². The van der Waals surface area contributed by atoms with Crippen molar-refractivity contribution in [3.8, 4) is 0 Å². The molecule has 0 saturated carbocycles. The van der Waals surface area contributed by atoms with Gasteiger partial charge in [-0.05, 0) is 24.5 Å². The molecular weight excluding hydrogens is 248 g/mol. The van der Waals surface area contributed by atoms with E-state index in [-0.39, 0.29) is 0 Å². The Labute approximate surface area is 119 Å². The van der Waals surface area contributed by atoms with E-state index in [1.807, 2.05) is 12.3 Å². The van der Waals surface area contributed by atoms with Gasteiger partial charge in [0, 0.05) is 38.1 Å². The molecule has 1 N–H and O–H groups in total. The molecule has 1 saturated heterocycles. The van der Waals surface area contributed by atoms with Gasteiger partial charge in [-0.1, -0.05) is 30.3 Å². The molecular formula is C16H20N4. The molecule has 1 aromatic carbocycles. The number of rotatable bonds is 4. The molecule has 0 aliphatic carbocycles. The fraction of sp³-hybridized carbons (Fsp3) is 0.375. The first kappa shape index (κ1) is 13.1. The summed E-state index contributed by atoms with van der Waals surface area (Å²) in [6.45, 7) is 4.00. The molecule has 0 bridgehead atoms. The lowest BCUT2D eigenvalue weighted by Crippen LogP contribution is -2.44. The Bertz CT molecular complexity index is 535. The number of anilines is 1. The minimum atomic E-state index is 0.872. The van der Waals surface area contributed by atoms with Crippen molar-refractivity contribution < 1.29 is 0 Å². The fourth-order valence-corrected chi connectivity index (χ4v) is 2.46. The van der Waals surface area contributed by atoms with Gasteiger partial charge in [0.05, 0.1) is 0 Å². The molecule has 1 fully saturated rings. The van der Waals surface area contributed by atoms with Crippen molar-refractivity contribution in [1.29, 1.82) is 0 Å². The average molecular weight is 268 g/mol. The van der Waals surface area contributed by atoms with Crippen LogP contribution in [0.4, 0.5) is 5.95 Å². The van der Waals surface area contributed by atoms with Crippen LogP contribution < -0.4 is 10.2 Å². The second-order valence-electron chi connectivity index (χ2n) is 5.07. The first-order valence-corrected chi connectivity index (χ1v) is 7.23. The van der Waals surface area contributed by atoms with Gasteiger partial charge in [0.2, 0.25) is 5.95 Å². The van der Waals surface area contributed by atoms with Crippen LogP contribution in [-0.4, -0.2) is 36.1 Å². The largest absolute Gasteiger partial charge is 0.338 e. The standard InChI is InChI=1S/C16H20N4/c1-2-4-14(5-3-1)6-7-15-8-9-18-16(19-15)20-12-10-17-11-13-20/h1-5,8-9,17H,6-7,10-13H2. The van der Waals surface area contributed by atoms with Crippen LogP contribution in [0.15, 0.2) is 42.6 Å². The van der Waals surface area contributed by atoms with E-state index in [1.54, 1.807) is 0 Å². The predicted molar refractivity (Wildman–Crippen MR) is 81.0 cm³/mol. The number of piperazine rings is 1. The number of nitrogens with zero attached hydrogens (tertiary/aromatic N) is 3. The minimum Gasteiger partial charge on any atom is -0.338 e. The van der Waals surface area contributed by atoms with Crippen molar-refractivity contribution in [2.75, 3.05) is 31.1 Å². The molecule has 0 unspecified atom stereocenters. The van der Waals surface area contributed by atoms with Crippen molar-refractivity contribution in [3.05, 3.63) is 53.9 Å². The molecule has 1 aromatic heterocycles. The molecule has 4 nitrogen and oxygen atoms in total. The number of hydrogen-bond donors (Lipinski definition) is 1. The van der Waals surface area contributed by atoms with E-state index in [4.69, 9.17) is 4.98 Å². The zero-order valence-corrected chi connectivity index (χ0v) is 11.6. The minimum absolute atomic E-state index is 0.872. The molecule has 0 amide bonds. The number of benzene rings is 1. The van der Waals surface area contributed by atoms with Crippen molar-refractivity contribution in [2.45, 2.75) is 12.8 Å². The molecule has 2 heterocycles. The summed E-state index contributed by atoms with van der Waals surface area (Å²) < 4.78 is 0. The highest BCUT2D eigenvalue weighted by molar-refractivity contribution is 5.31. The highest BCUT2D eigenvalue weighted by atomic mass is 15.3. The quantitative estimate of drug-likeness (QED) is 0.916. The number of aromatic nitrogens is 2. The molecule has 4 heteroatoms. The average Bonchev–Trinajstić information content (AvgIpc) is 2.55. The van der Waals surface area contributed by atoms with Crippen molar-refractivity contribution in [1.82, 2.24) is 15.3 Å². The van der Waals surface area contributed by atoms with Crippen LogP contribution >= 0.6 is 0 Å². The van der Waals surface area contributed by atoms with Gasteiger partial charge in [0.1, 0.15) is 0 Å². The summed E-state index contributed by atoms with van der Waals surface area (Å²) in [5, 5.41) is 3.35. The smallest absolute Gasteiger partial charge is 0.225 e. The van der Waals surface area contributed by atoms with Crippen LogP contribution in [0.2, 0.25) is 0 Å². The zero-order chi connectivity index (χ0) is 13.6. The van der Waals surface area contributed by atoms with Gasteiger partial charge in [0.15, 0.2) is 0 Å². The van der Waals surface area contributed by atoms with Crippen LogP contribution in [-0.2, 0) is 12.8 Å². The van der Waals surface area contributed by atoms with E-state index >= 15 is 0 Å². The summed E-state index contributed by atoms with van der Waals surface area (Å²) in [6.07, 6.45) is 3.87. The maximum atomic E-state index is 4.70. The number of hydrogen-bond acceptors (Lipinski definition) is 4. The first-order chi connectivity index (χ1) is 9.92. The van der Waals surface area contributed by atoms with E-state index in [9.17, 15) is 0 Å². The molecule has 1 aliphatic rings. The van der Waals surface area contributed by atoms with Crippen molar-refractivity contribution >= 4 is 5.95 Å². The topological polar surface area (TPSA) is 41.1 Å². The van der Waals surface area contributed by atoms with Crippen LogP contribution in [0.25, 0.3) is 0 Å². The third kappa shape index (κ3) is 3.33. The normalized spacial score (nSPS) is 15.3. The molecule has 0 radical (unpaired) electrons. The monoisotopic (exact) mass is 268 g/mol. The first-order valence-electron chi connectivity index (χ1n) is 7.23. The Morgan fingerprint density at radius 3 is 2.60 bits per heavy atom. The summed E-state index contributed by atoms with van der Waals surface area (Å²) in [7, 11) is 0. The van der Waals surface area contributed by atoms with E-state index in [2.05, 4.69) is 45.5 Å². The summed E-state index contributed by atoms with van der Waals surface area (Å²) >= 11 is 0. The molecule has 0 spiro atoms. The third-order valence-corrected chi connectivity index (χ3v) is 3.61. The molecule has 3 rings (SSSR count). The second-order valence-corrected chi connectivity index (χ2v) is 5.07. The Morgan fingerprint density at radius 1 is 1.00 bits per heavy atom. The van der Waals surface area contributed by atoms with Gasteiger partial charge >= 0.3 is 0 Å². The SMILES string of the molecule is c1ccc(CCc2ccnc(N3CCNCC3)n2)cc1. The lowest BCUT2D eigenvalue weighted by molar-refractivity contribution is 0.578. The second kappa shape index (κ2) is 6.48. The van der Waals surface area contributed by atoms with Crippen LogP contribution in [0.3, 0.4) is 0 Å². The summed E-state index contributed by atoms with van der Waals surface area (Å²) in [4.78, 5) is 11.4. The van der Waals surface area contributed by atoms with E-state index in [0.717, 1.165) is 50.7 Å². The van der Waals surface area contributed by atoms with Gasteiger partial charge in [-0.25, -0.2) is 9.97 Å². The Morgan fingerprint density at radius 2 is 1.80 bits per heavy atom. The molecule has 104 valence electrons.